The third-order valence-corrected chi connectivity index (χ3v) is 3.18. The SMILES string of the molecule is CNCc1ccc(OC(C)c2ccccc2)c(OC)c1. The lowest BCUT2D eigenvalue weighted by atomic mass is 10.1. The average molecular weight is 271 g/mol. The number of methoxy groups -OCH3 is 1. The molecule has 2 aromatic rings. The topological polar surface area (TPSA) is 30.5 Å². The summed E-state index contributed by atoms with van der Waals surface area (Å²) in [6.07, 6.45) is -0.0137. The molecule has 1 atom stereocenters. The van der Waals surface area contributed by atoms with Gasteiger partial charge in [0.15, 0.2) is 11.5 Å². The highest BCUT2D eigenvalue weighted by Gasteiger charge is 2.11. The number of nitrogens with one attached hydrogen (secondary N) is 1. The zero-order valence-electron chi connectivity index (χ0n) is 12.2. The van der Waals surface area contributed by atoms with Crippen molar-refractivity contribution in [3.8, 4) is 11.5 Å². The van der Waals surface area contributed by atoms with E-state index < -0.39 is 0 Å². The van der Waals surface area contributed by atoms with Crippen molar-refractivity contribution in [3.63, 3.8) is 0 Å². The standard InChI is InChI=1S/C17H21NO2/c1-13(15-7-5-4-6-8-15)20-16-10-9-14(12-18-2)11-17(16)19-3/h4-11,13,18H,12H2,1-3H3. The molecule has 2 rings (SSSR count). The Morgan fingerprint density at radius 3 is 2.45 bits per heavy atom. The average Bonchev–Trinajstić information content (AvgIpc) is 2.50. The molecule has 3 heteroatoms. The molecule has 0 spiro atoms. The molecule has 0 saturated carbocycles. The first-order valence-electron chi connectivity index (χ1n) is 6.77. The zero-order valence-corrected chi connectivity index (χ0v) is 12.2. The van der Waals surface area contributed by atoms with Crippen molar-refractivity contribution in [1.82, 2.24) is 5.32 Å². The predicted molar refractivity (Wildman–Crippen MR) is 81.2 cm³/mol. The molecule has 0 saturated heterocycles. The Balaban J connectivity index is 2.16. The van der Waals surface area contributed by atoms with Crippen LogP contribution in [0.4, 0.5) is 0 Å². The molecule has 0 aliphatic carbocycles. The van der Waals surface area contributed by atoms with Crippen LogP contribution >= 0.6 is 0 Å². The van der Waals surface area contributed by atoms with Gasteiger partial charge in [0.1, 0.15) is 6.10 Å². The van der Waals surface area contributed by atoms with E-state index in [-0.39, 0.29) is 6.10 Å². The summed E-state index contributed by atoms with van der Waals surface area (Å²) < 4.78 is 11.4. The second kappa shape index (κ2) is 6.96. The normalized spacial score (nSPS) is 11.9. The van der Waals surface area contributed by atoms with E-state index in [1.54, 1.807) is 7.11 Å². The summed E-state index contributed by atoms with van der Waals surface area (Å²) >= 11 is 0. The molecule has 0 fully saturated rings. The van der Waals surface area contributed by atoms with Gasteiger partial charge in [-0.3, -0.25) is 0 Å². The van der Waals surface area contributed by atoms with Gasteiger partial charge in [-0.25, -0.2) is 0 Å². The van der Waals surface area contributed by atoms with Crippen LogP contribution < -0.4 is 14.8 Å². The zero-order chi connectivity index (χ0) is 14.4. The Morgan fingerprint density at radius 2 is 1.80 bits per heavy atom. The molecule has 0 amide bonds. The Bertz CT molecular complexity index is 540. The molecule has 0 aromatic heterocycles. The fourth-order valence-corrected chi connectivity index (χ4v) is 2.11. The Kier molecular flexibility index (Phi) is 5.02. The van der Waals surface area contributed by atoms with Gasteiger partial charge < -0.3 is 14.8 Å². The summed E-state index contributed by atoms with van der Waals surface area (Å²) in [4.78, 5) is 0. The van der Waals surface area contributed by atoms with Crippen LogP contribution in [0.3, 0.4) is 0 Å². The van der Waals surface area contributed by atoms with Crippen LogP contribution in [0.15, 0.2) is 48.5 Å². The van der Waals surface area contributed by atoms with Crippen molar-refractivity contribution in [1.29, 1.82) is 0 Å². The molecule has 2 aromatic carbocycles. The molecular formula is C17H21NO2. The molecule has 0 radical (unpaired) electrons. The third kappa shape index (κ3) is 3.52. The van der Waals surface area contributed by atoms with E-state index in [1.165, 1.54) is 5.56 Å². The van der Waals surface area contributed by atoms with Gasteiger partial charge in [0.2, 0.25) is 0 Å². The first-order valence-corrected chi connectivity index (χ1v) is 6.77. The first kappa shape index (κ1) is 14.4. The van der Waals surface area contributed by atoms with Crippen LogP contribution in [-0.4, -0.2) is 14.2 Å². The lowest BCUT2D eigenvalue weighted by molar-refractivity contribution is 0.216. The van der Waals surface area contributed by atoms with E-state index in [9.17, 15) is 0 Å². The highest BCUT2D eigenvalue weighted by Crippen LogP contribution is 2.31. The number of hydrogen-bond donors (Lipinski definition) is 1. The number of ether oxygens (including phenoxy) is 2. The summed E-state index contributed by atoms with van der Waals surface area (Å²) in [6.45, 7) is 2.85. The van der Waals surface area contributed by atoms with Gasteiger partial charge in [0.25, 0.3) is 0 Å². The molecule has 106 valence electrons. The minimum atomic E-state index is -0.0137. The summed E-state index contributed by atoms with van der Waals surface area (Å²) in [6, 6.07) is 16.2. The molecule has 1 unspecified atom stereocenters. The molecule has 0 aliphatic rings. The maximum absolute atomic E-state index is 6.01. The van der Waals surface area contributed by atoms with Crippen LogP contribution in [0, 0.1) is 0 Å². The fraction of sp³-hybridized carbons (Fsp3) is 0.294. The van der Waals surface area contributed by atoms with E-state index in [0.717, 1.165) is 23.6 Å². The summed E-state index contributed by atoms with van der Waals surface area (Å²) in [7, 11) is 3.59. The molecule has 20 heavy (non-hydrogen) atoms. The van der Waals surface area contributed by atoms with Gasteiger partial charge in [0.05, 0.1) is 7.11 Å². The molecule has 0 aliphatic heterocycles. The van der Waals surface area contributed by atoms with Gasteiger partial charge in [-0.1, -0.05) is 36.4 Å². The summed E-state index contributed by atoms with van der Waals surface area (Å²) in [5.41, 5.74) is 2.32. The first-order chi connectivity index (χ1) is 9.74. The van der Waals surface area contributed by atoms with Crippen molar-refractivity contribution in [3.05, 3.63) is 59.7 Å². The third-order valence-electron chi connectivity index (χ3n) is 3.18. The maximum atomic E-state index is 6.01. The van der Waals surface area contributed by atoms with Crippen LogP contribution in [0.1, 0.15) is 24.2 Å². The van der Waals surface area contributed by atoms with Gasteiger partial charge >= 0.3 is 0 Å². The maximum Gasteiger partial charge on any atom is 0.162 e. The van der Waals surface area contributed by atoms with E-state index in [2.05, 4.69) is 17.4 Å². The van der Waals surface area contributed by atoms with Crippen LogP contribution in [0.2, 0.25) is 0 Å². The lowest BCUT2D eigenvalue weighted by Crippen LogP contribution is -2.07. The molecule has 3 nitrogen and oxygen atoms in total. The minimum absolute atomic E-state index is 0.0137. The molecule has 0 bridgehead atoms. The van der Waals surface area contributed by atoms with Crippen LogP contribution in [0.25, 0.3) is 0 Å². The van der Waals surface area contributed by atoms with Crippen molar-refractivity contribution in [2.75, 3.05) is 14.2 Å². The molecular weight excluding hydrogens is 250 g/mol. The monoisotopic (exact) mass is 271 g/mol. The van der Waals surface area contributed by atoms with E-state index in [1.807, 2.05) is 50.4 Å². The Morgan fingerprint density at radius 1 is 1.05 bits per heavy atom. The Hall–Kier alpha value is -2.00. The fourth-order valence-electron chi connectivity index (χ4n) is 2.11. The highest BCUT2D eigenvalue weighted by atomic mass is 16.5. The predicted octanol–water partition coefficient (Wildman–Crippen LogP) is 3.55. The number of rotatable bonds is 6. The molecule has 0 heterocycles. The van der Waals surface area contributed by atoms with E-state index >= 15 is 0 Å². The number of benzene rings is 2. The van der Waals surface area contributed by atoms with Gasteiger partial charge in [-0.05, 0) is 37.2 Å². The van der Waals surface area contributed by atoms with Crippen molar-refractivity contribution in [2.45, 2.75) is 19.6 Å². The lowest BCUT2D eigenvalue weighted by Gasteiger charge is -2.18. The minimum Gasteiger partial charge on any atom is -0.493 e. The highest BCUT2D eigenvalue weighted by molar-refractivity contribution is 5.43. The van der Waals surface area contributed by atoms with Crippen LogP contribution in [-0.2, 0) is 6.54 Å². The van der Waals surface area contributed by atoms with E-state index in [4.69, 9.17) is 9.47 Å². The molecule has 1 N–H and O–H groups in total. The van der Waals surface area contributed by atoms with Crippen molar-refractivity contribution in [2.24, 2.45) is 0 Å². The van der Waals surface area contributed by atoms with Crippen molar-refractivity contribution >= 4 is 0 Å². The summed E-state index contributed by atoms with van der Waals surface area (Å²) in [5, 5.41) is 3.13. The summed E-state index contributed by atoms with van der Waals surface area (Å²) in [5.74, 6) is 1.53. The van der Waals surface area contributed by atoms with Crippen molar-refractivity contribution < 1.29 is 9.47 Å². The van der Waals surface area contributed by atoms with Gasteiger partial charge in [0, 0.05) is 6.54 Å². The second-order valence-electron chi connectivity index (χ2n) is 4.69. The van der Waals surface area contributed by atoms with Gasteiger partial charge in [-0.2, -0.15) is 0 Å². The largest absolute Gasteiger partial charge is 0.493 e. The quantitative estimate of drug-likeness (QED) is 0.871. The van der Waals surface area contributed by atoms with Gasteiger partial charge in [-0.15, -0.1) is 0 Å². The van der Waals surface area contributed by atoms with Crippen LogP contribution in [0.5, 0.6) is 11.5 Å². The Labute approximate surface area is 120 Å². The smallest absolute Gasteiger partial charge is 0.162 e. The number of hydrogen-bond acceptors (Lipinski definition) is 3. The van der Waals surface area contributed by atoms with E-state index in [0.29, 0.717) is 0 Å². The second-order valence-corrected chi connectivity index (χ2v) is 4.69.